The average molecular weight is 365 g/mol. The molecule has 3 N–H and O–H groups in total. The first kappa shape index (κ1) is 18.6. The average Bonchev–Trinajstić information content (AvgIpc) is 2.73. The number of nitrogens with zero attached hydrogens (tertiary/aromatic N) is 1. The van der Waals surface area contributed by atoms with Crippen LogP contribution in [0, 0.1) is 11.3 Å². The molecule has 0 spiro atoms. The second-order valence-electron chi connectivity index (χ2n) is 6.66. The molecule has 1 saturated heterocycles. The van der Waals surface area contributed by atoms with Gasteiger partial charge in [-0.15, -0.1) is 0 Å². The number of nitrogens with two attached hydrogens (primary N) is 1. The molecular formula is C21H23N3O3. The summed E-state index contributed by atoms with van der Waals surface area (Å²) >= 11 is 0. The molecule has 0 aromatic heterocycles. The molecule has 2 aromatic rings. The minimum Gasteiger partial charge on any atom is -0.469 e. The second kappa shape index (κ2) is 8.03. The van der Waals surface area contributed by atoms with E-state index >= 15 is 0 Å². The fourth-order valence-corrected chi connectivity index (χ4v) is 3.32. The number of nitrogens with one attached hydrogen (secondary N) is 1. The first-order chi connectivity index (χ1) is 13.0. The van der Waals surface area contributed by atoms with Crippen LogP contribution in [0.1, 0.15) is 28.8 Å². The minimum atomic E-state index is -0.192. The number of likely N-dealkylation sites (tertiary alicyclic amines) is 1. The first-order valence-electron chi connectivity index (χ1n) is 8.91. The molecule has 6 nitrogen and oxygen atoms in total. The van der Waals surface area contributed by atoms with Crippen molar-refractivity contribution in [2.45, 2.75) is 12.8 Å². The van der Waals surface area contributed by atoms with Gasteiger partial charge in [0, 0.05) is 24.2 Å². The summed E-state index contributed by atoms with van der Waals surface area (Å²) in [6.07, 6.45) is 1.28. The van der Waals surface area contributed by atoms with Crippen LogP contribution >= 0.6 is 0 Å². The van der Waals surface area contributed by atoms with Crippen molar-refractivity contribution in [1.29, 1.82) is 5.41 Å². The van der Waals surface area contributed by atoms with Crippen molar-refractivity contribution >= 4 is 17.7 Å². The molecule has 6 heteroatoms. The summed E-state index contributed by atoms with van der Waals surface area (Å²) < 4.78 is 4.78. The number of ether oxygens (including phenoxy) is 1. The van der Waals surface area contributed by atoms with E-state index in [0.717, 1.165) is 11.1 Å². The largest absolute Gasteiger partial charge is 0.469 e. The molecule has 0 aliphatic carbocycles. The van der Waals surface area contributed by atoms with Crippen LogP contribution in [0.15, 0.2) is 48.5 Å². The van der Waals surface area contributed by atoms with Gasteiger partial charge in [0.1, 0.15) is 5.84 Å². The number of amidine groups is 1. The van der Waals surface area contributed by atoms with Crippen LogP contribution in [-0.2, 0) is 9.53 Å². The van der Waals surface area contributed by atoms with Crippen LogP contribution in [0.3, 0.4) is 0 Å². The number of rotatable bonds is 4. The Labute approximate surface area is 158 Å². The van der Waals surface area contributed by atoms with Crippen molar-refractivity contribution < 1.29 is 14.3 Å². The molecule has 1 aliphatic rings. The van der Waals surface area contributed by atoms with Crippen LogP contribution in [-0.4, -0.2) is 42.8 Å². The molecule has 0 atom stereocenters. The van der Waals surface area contributed by atoms with Crippen LogP contribution in [0.25, 0.3) is 11.1 Å². The van der Waals surface area contributed by atoms with Crippen LogP contribution in [0.5, 0.6) is 0 Å². The van der Waals surface area contributed by atoms with Gasteiger partial charge in [-0.1, -0.05) is 36.4 Å². The fourth-order valence-electron chi connectivity index (χ4n) is 3.32. The summed E-state index contributed by atoms with van der Waals surface area (Å²) in [4.78, 5) is 26.1. The van der Waals surface area contributed by atoms with E-state index in [1.807, 2.05) is 48.5 Å². The zero-order chi connectivity index (χ0) is 19.4. The molecule has 0 unspecified atom stereocenters. The Morgan fingerprint density at radius 3 is 1.89 bits per heavy atom. The van der Waals surface area contributed by atoms with E-state index in [4.69, 9.17) is 15.9 Å². The van der Waals surface area contributed by atoms with Crippen molar-refractivity contribution in [2.75, 3.05) is 20.2 Å². The Balaban J connectivity index is 1.66. The quantitative estimate of drug-likeness (QED) is 0.494. The summed E-state index contributed by atoms with van der Waals surface area (Å²) in [5.41, 5.74) is 8.78. The molecule has 0 saturated carbocycles. The number of hydrogen-bond donors (Lipinski definition) is 2. The summed E-state index contributed by atoms with van der Waals surface area (Å²) in [5, 5.41) is 7.44. The van der Waals surface area contributed by atoms with E-state index in [0.29, 0.717) is 37.1 Å². The molecule has 2 aromatic carbocycles. The third-order valence-corrected chi connectivity index (χ3v) is 4.98. The summed E-state index contributed by atoms with van der Waals surface area (Å²) in [7, 11) is 1.40. The lowest BCUT2D eigenvalue weighted by Gasteiger charge is -2.30. The molecule has 3 rings (SSSR count). The standard InChI is InChI=1S/C21H23N3O3/c1-27-21(26)18-10-12-24(13-11-18)20(25)17-8-4-15(5-9-17)14-2-6-16(7-3-14)19(22)23/h2-9,18H,10-13H2,1H3,(H3,22,23). The summed E-state index contributed by atoms with van der Waals surface area (Å²) in [6.45, 7) is 1.12. The van der Waals surface area contributed by atoms with Gasteiger partial charge < -0.3 is 15.4 Å². The highest BCUT2D eigenvalue weighted by molar-refractivity contribution is 5.96. The monoisotopic (exact) mass is 365 g/mol. The predicted molar refractivity (Wildman–Crippen MR) is 104 cm³/mol. The lowest BCUT2D eigenvalue weighted by atomic mass is 9.96. The Morgan fingerprint density at radius 2 is 1.44 bits per heavy atom. The van der Waals surface area contributed by atoms with E-state index in [1.54, 1.807) is 4.90 Å². The van der Waals surface area contributed by atoms with E-state index in [2.05, 4.69) is 0 Å². The van der Waals surface area contributed by atoms with Gasteiger partial charge in [0.2, 0.25) is 0 Å². The highest BCUT2D eigenvalue weighted by Gasteiger charge is 2.28. The zero-order valence-corrected chi connectivity index (χ0v) is 15.3. The highest BCUT2D eigenvalue weighted by atomic mass is 16.5. The summed E-state index contributed by atoms with van der Waals surface area (Å²) in [6, 6.07) is 14.9. The number of carbonyl (C=O) groups excluding carboxylic acids is 2. The van der Waals surface area contributed by atoms with Gasteiger partial charge in [0.25, 0.3) is 5.91 Å². The number of nitrogen functional groups attached to an aromatic ring is 1. The minimum absolute atomic E-state index is 0.0169. The van der Waals surface area contributed by atoms with Gasteiger partial charge in [0.05, 0.1) is 13.0 Å². The van der Waals surface area contributed by atoms with Crippen molar-refractivity contribution in [3.63, 3.8) is 0 Å². The Morgan fingerprint density at radius 1 is 0.963 bits per heavy atom. The van der Waals surface area contributed by atoms with Gasteiger partial charge in [-0.05, 0) is 36.1 Å². The number of piperidine rings is 1. The molecule has 1 amide bonds. The predicted octanol–water partition coefficient (Wildman–Crippen LogP) is 2.66. The van der Waals surface area contributed by atoms with E-state index in [-0.39, 0.29) is 23.6 Å². The third kappa shape index (κ3) is 4.16. The Kier molecular flexibility index (Phi) is 5.54. The van der Waals surface area contributed by atoms with Gasteiger partial charge in [-0.3, -0.25) is 15.0 Å². The van der Waals surface area contributed by atoms with Gasteiger partial charge in [-0.25, -0.2) is 0 Å². The van der Waals surface area contributed by atoms with Gasteiger partial charge in [-0.2, -0.15) is 0 Å². The number of hydrogen-bond acceptors (Lipinski definition) is 4. The van der Waals surface area contributed by atoms with Crippen molar-refractivity contribution in [2.24, 2.45) is 11.7 Å². The molecular weight excluding hydrogens is 342 g/mol. The van der Waals surface area contributed by atoms with Crippen LogP contribution in [0.2, 0.25) is 0 Å². The lowest BCUT2D eigenvalue weighted by Crippen LogP contribution is -2.40. The number of amides is 1. The first-order valence-corrected chi connectivity index (χ1v) is 8.91. The van der Waals surface area contributed by atoms with E-state index in [9.17, 15) is 9.59 Å². The van der Waals surface area contributed by atoms with E-state index < -0.39 is 0 Å². The maximum Gasteiger partial charge on any atom is 0.308 e. The van der Waals surface area contributed by atoms with Crippen LogP contribution in [0.4, 0.5) is 0 Å². The van der Waals surface area contributed by atoms with E-state index in [1.165, 1.54) is 7.11 Å². The maximum atomic E-state index is 12.7. The molecule has 1 heterocycles. The summed E-state index contributed by atoms with van der Waals surface area (Å²) in [5.74, 6) is -0.281. The molecule has 0 radical (unpaired) electrons. The Bertz CT molecular complexity index is 836. The zero-order valence-electron chi connectivity index (χ0n) is 15.3. The SMILES string of the molecule is COC(=O)C1CCN(C(=O)c2ccc(-c3ccc(C(=N)N)cc3)cc2)CC1. The molecule has 0 bridgehead atoms. The topological polar surface area (TPSA) is 96.5 Å². The fraction of sp³-hybridized carbons (Fsp3) is 0.286. The van der Waals surface area contributed by atoms with Crippen molar-refractivity contribution in [3.05, 3.63) is 59.7 Å². The normalized spacial score (nSPS) is 14.6. The van der Waals surface area contributed by atoms with Crippen molar-refractivity contribution in [1.82, 2.24) is 4.90 Å². The number of methoxy groups -OCH3 is 1. The molecule has 27 heavy (non-hydrogen) atoms. The molecule has 1 aliphatic heterocycles. The second-order valence-corrected chi connectivity index (χ2v) is 6.66. The van der Waals surface area contributed by atoms with Crippen molar-refractivity contribution in [3.8, 4) is 11.1 Å². The van der Waals surface area contributed by atoms with Gasteiger partial charge >= 0.3 is 5.97 Å². The molecule has 1 fully saturated rings. The number of esters is 1. The third-order valence-electron chi connectivity index (χ3n) is 4.98. The smallest absolute Gasteiger partial charge is 0.308 e. The number of benzene rings is 2. The lowest BCUT2D eigenvalue weighted by molar-refractivity contribution is -0.146. The maximum absolute atomic E-state index is 12.7. The Hall–Kier alpha value is -3.15. The van der Waals surface area contributed by atoms with Gasteiger partial charge in [0.15, 0.2) is 0 Å². The highest BCUT2D eigenvalue weighted by Crippen LogP contribution is 2.23. The van der Waals surface area contributed by atoms with Crippen LogP contribution < -0.4 is 5.73 Å². The number of carbonyl (C=O) groups is 2. The molecule has 140 valence electrons.